The standard InChI is InChI=1S/C18H10ClFN2/c19-13-4-8-17-15(9-13)18-12(10-21-17)3-7-16(22-18)11-1-5-14(20)6-2-11/h1-10H. The molecule has 4 rings (SSSR count). The number of aromatic nitrogens is 2. The molecule has 0 bridgehead atoms. The van der Waals surface area contributed by atoms with Gasteiger partial charge >= 0.3 is 0 Å². The molecule has 0 saturated heterocycles. The zero-order valence-corrected chi connectivity index (χ0v) is 12.2. The number of benzene rings is 2. The molecule has 0 amide bonds. The fraction of sp³-hybridized carbons (Fsp3) is 0. The second-order valence-electron chi connectivity index (χ2n) is 5.06. The highest BCUT2D eigenvalue weighted by molar-refractivity contribution is 6.31. The van der Waals surface area contributed by atoms with E-state index in [0.717, 1.165) is 33.1 Å². The lowest BCUT2D eigenvalue weighted by atomic mass is 10.1. The SMILES string of the molecule is Fc1ccc(-c2ccc3cnc4ccc(Cl)cc4c3n2)cc1. The highest BCUT2D eigenvalue weighted by atomic mass is 35.5. The second kappa shape index (κ2) is 5.04. The summed E-state index contributed by atoms with van der Waals surface area (Å²) in [4.78, 5) is 9.14. The summed E-state index contributed by atoms with van der Waals surface area (Å²) >= 11 is 6.10. The first kappa shape index (κ1) is 13.2. The normalized spacial score (nSPS) is 11.2. The van der Waals surface area contributed by atoms with Gasteiger partial charge in [-0.3, -0.25) is 4.98 Å². The average molecular weight is 309 g/mol. The Morgan fingerprint density at radius 2 is 1.73 bits per heavy atom. The summed E-state index contributed by atoms with van der Waals surface area (Å²) in [5.74, 6) is -0.258. The van der Waals surface area contributed by atoms with Crippen molar-refractivity contribution in [2.45, 2.75) is 0 Å². The highest BCUT2D eigenvalue weighted by Crippen LogP contribution is 2.27. The fourth-order valence-corrected chi connectivity index (χ4v) is 2.69. The molecule has 22 heavy (non-hydrogen) atoms. The van der Waals surface area contributed by atoms with Crippen LogP contribution in [0.5, 0.6) is 0 Å². The minimum absolute atomic E-state index is 0.258. The van der Waals surface area contributed by atoms with Crippen LogP contribution in [0.4, 0.5) is 4.39 Å². The lowest BCUT2D eigenvalue weighted by Crippen LogP contribution is -1.89. The zero-order chi connectivity index (χ0) is 15.1. The smallest absolute Gasteiger partial charge is 0.123 e. The Labute approximate surface area is 131 Å². The Morgan fingerprint density at radius 1 is 0.909 bits per heavy atom. The summed E-state index contributed by atoms with van der Waals surface area (Å²) in [5.41, 5.74) is 3.35. The number of hydrogen-bond acceptors (Lipinski definition) is 2. The van der Waals surface area contributed by atoms with Gasteiger partial charge in [0.05, 0.1) is 16.7 Å². The molecule has 0 aliphatic rings. The van der Waals surface area contributed by atoms with E-state index in [1.165, 1.54) is 12.1 Å². The van der Waals surface area contributed by atoms with Gasteiger partial charge in [-0.1, -0.05) is 11.6 Å². The molecule has 0 saturated carbocycles. The van der Waals surface area contributed by atoms with Crippen LogP contribution in [0.1, 0.15) is 0 Å². The molecule has 0 aliphatic carbocycles. The van der Waals surface area contributed by atoms with E-state index in [0.29, 0.717) is 5.02 Å². The van der Waals surface area contributed by atoms with E-state index in [9.17, 15) is 4.39 Å². The summed E-state index contributed by atoms with van der Waals surface area (Å²) < 4.78 is 13.1. The third kappa shape index (κ3) is 2.20. The number of nitrogens with zero attached hydrogens (tertiary/aromatic N) is 2. The van der Waals surface area contributed by atoms with E-state index in [1.54, 1.807) is 18.3 Å². The third-order valence-electron chi connectivity index (χ3n) is 3.62. The van der Waals surface area contributed by atoms with Crippen LogP contribution in [0.3, 0.4) is 0 Å². The van der Waals surface area contributed by atoms with Gasteiger partial charge in [0.2, 0.25) is 0 Å². The molecule has 0 aliphatic heterocycles. The van der Waals surface area contributed by atoms with Crippen LogP contribution in [0, 0.1) is 5.82 Å². The van der Waals surface area contributed by atoms with Gasteiger partial charge in [-0.15, -0.1) is 0 Å². The van der Waals surface area contributed by atoms with Crippen molar-refractivity contribution in [1.29, 1.82) is 0 Å². The summed E-state index contributed by atoms with van der Waals surface area (Å²) in [6.07, 6.45) is 1.80. The quantitative estimate of drug-likeness (QED) is 0.449. The first-order chi connectivity index (χ1) is 10.7. The third-order valence-corrected chi connectivity index (χ3v) is 3.86. The molecule has 2 heterocycles. The van der Waals surface area contributed by atoms with Crippen LogP contribution in [0.25, 0.3) is 33.1 Å². The van der Waals surface area contributed by atoms with E-state index in [1.807, 2.05) is 30.3 Å². The van der Waals surface area contributed by atoms with E-state index >= 15 is 0 Å². The summed E-state index contributed by atoms with van der Waals surface area (Å²) in [5, 5.41) is 2.50. The molecule has 2 aromatic carbocycles. The second-order valence-corrected chi connectivity index (χ2v) is 5.50. The highest BCUT2D eigenvalue weighted by Gasteiger charge is 2.07. The van der Waals surface area contributed by atoms with E-state index in [2.05, 4.69) is 4.98 Å². The Morgan fingerprint density at radius 3 is 2.55 bits per heavy atom. The van der Waals surface area contributed by atoms with Crippen LogP contribution in [-0.2, 0) is 0 Å². The van der Waals surface area contributed by atoms with Crippen molar-refractivity contribution < 1.29 is 4.39 Å². The molecule has 106 valence electrons. The largest absolute Gasteiger partial charge is 0.255 e. The molecule has 0 spiro atoms. The molecule has 4 aromatic rings. The van der Waals surface area contributed by atoms with Gasteiger partial charge in [0.1, 0.15) is 5.82 Å². The van der Waals surface area contributed by atoms with Crippen molar-refractivity contribution >= 4 is 33.4 Å². The molecule has 0 N–H and O–H groups in total. The van der Waals surface area contributed by atoms with Crippen molar-refractivity contribution in [1.82, 2.24) is 9.97 Å². The number of halogens is 2. The number of hydrogen-bond donors (Lipinski definition) is 0. The summed E-state index contributed by atoms with van der Waals surface area (Å²) in [6, 6.07) is 15.7. The Hall–Kier alpha value is -2.52. The van der Waals surface area contributed by atoms with E-state index in [4.69, 9.17) is 16.6 Å². The van der Waals surface area contributed by atoms with Crippen molar-refractivity contribution in [3.05, 3.63) is 71.6 Å². The van der Waals surface area contributed by atoms with Crippen molar-refractivity contribution in [3.63, 3.8) is 0 Å². The van der Waals surface area contributed by atoms with Crippen molar-refractivity contribution in [2.75, 3.05) is 0 Å². The van der Waals surface area contributed by atoms with Crippen LogP contribution < -0.4 is 0 Å². The minimum atomic E-state index is -0.258. The fourth-order valence-electron chi connectivity index (χ4n) is 2.52. The molecular formula is C18H10ClFN2. The maximum Gasteiger partial charge on any atom is 0.123 e. The van der Waals surface area contributed by atoms with Gasteiger partial charge in [-0.2, -0.15) is 0 Å². The predicted octanol–water partition coefficient (Wildman–Crippen LogP) is 5.24. The summed E-state index contributed by atoms with van der Waals surface area (Å²) in [7, 11) is 0. The molecule has 0 fully saturated rings. The predicted molar refractivity (Wildman–Crippen MR) is 87.4 cm³/mol. The topological polar surface area (TPSA) is 25.8 Å². The van der Waals surface area contributed by atoms with Gasteiger partial charge in [-0.25, -0.2) is 9.37 Å². The first-order valence-electron chi connectivity index (χ1n) is 6.82. The lowest BCUT2D eigenvalue weighted by molar-refractivity contribution is 0.628. The monoisotopic (exact) mass is 308 g/mol. The average Bonchev–Trinajstić information content (AvgIpc) is 2.55. The molecule has 0 unspecified atom stereocenters. The van der Waals surface area contributed by atoms with Crippen LogP contribution >= 0.6 is 11.6 Å². The maximum atomic E-state index is 13.1. The number of pyridine rings is 2. The Kier molecular flexibility index (Phi) is 3.01. The first-order valence-corrected chi connectivity index (χ1v) is 7.19. The number of rotatable bonds is 1. The van der Waals surface area contributed by atoms with Gasteiger partial charge in [0.25, 0.3) is 0 Å². The van der Waals surface area contributed by atoms with Gasteiger partial charge in [-0.05, 0) is 54.6 Å². The Bertz CT molecular complexity index is 997. The molecule has 0 radical (unpaired) electrons. The van der Waals surface area contributed by atoms with Gasteiger partial charge in [0, 0.05) is 27.6 Å². The van der Waals surface area contributed by atoms with Crippen molar-refractivity contribution in [2.24, 2.45) is 0 Å². The molecule has 2 aromatic heterocycles. The number of fused-ring (bicyclic) bond motifs is 3. The summed E-state index contributed by atoms with van der Waals surface area (Å²) in [6.45, 7) is 0. The minimum Gasteiger partial charge on any atom is -0.255 e. The molecule has 0 atom stereocenters. The van der Waals surface area contributed by atoms with Crippen LogP contribution in [0.2, 0.25) is 5.02 Å². The lowest BCUT2D eigenvalue weighted by Gasteiger charge is -2.06. The molecule has 4 heteroatoms. The Balaban J connectivity index is 2.00. The van der Waals surface area contributed by atoms with Crippen LogP contribution in [0.15, 0.2) is 60.8 Å². The van der Waals surface area contributed by atoms with E-state index in [-0.39, 0.29) is 5.82 Å². The van der Waals surface area contributed by atoms with Gasteiger partial charge in [0.15, 0.2) is 0 Å². The molecular weight excluding hydrogens is 299 g/mol. The van der Waals surface area contributed by atoms with E-state index < -0.39 is 0 Å². The zero-order valence-electron chi connectivity index (χ0n) is 11.4. The van der Waals surface area contributed by atoms with Gasteiger partial charge < -0.3 is 0 Å². The molecule has 2 nitrogen and oxygen atoms in total. The maximum absolute atomic E-state index is 13.1. The van der Waals surface area contributed by atoms with Crippen molar-refractivity contribution in [3.8, 4) is 11.3 Å². The van der Waals surface area contributed by atoms with Crippen LogP contribution in [-0.4, -0.2) is 9.97 Å².